The lowest BCUT2D eigenvalue weighted by atomic mass is 9.72. The average molecular weight is 512 g/mol. The Morgan fingerprint density at radius 1 is 1.06 bits per heavy atom. The van der Waals surface area contributed by atoms with Gasteiger partial charge in [0.15, 0.2) is 8.32 Å². The Morgan fingerprint density at radius 3 is 2.14 bits per heavy atom. The van der Waals surface area contributed by atoms with Gasteiger partial charge in [-0.2, -0.15) is 0 Å². The molecule has 0 spiro atoms. The summed E-state index contributed by atoms with van der Waals surface area (Å²) >= 11 is 0. The Morgan fingerprint density at radius 2 is 1.64 bits per heavy atom. The second kappa shape index (κ2) is 10.2. The molecule has 1 aliphatic carbocycles. The number of aliphatic hydroxyl groups excluding tert-OH is 1. The molecule has 0 aliphatic heterocycles. The van der Waals surface area contributed by atoms with E-state index in [1.165, 1.54) is 5.56 Å². The van der Waals surface area contributed by atoms with E-state index in [0.29, 0.717) is 0 Å². The zero-order valence-corrected chi connectivity index (χ0v) is 25.7. The van der Waals surface area contributed by atoms with E-state index in [1.54, 1.807) is 0 Å². The van der Waals surface area contributed by atoms with Crippen LogP contribution in [-0.4, -0.2) is 24.5 Å². The number of ether oxygens (including phenoxy) is 1. The van der Waals surface area contributed by atoms with Gasteiger partial charge in [-0.1, -0.05) is 60.6 Å². The summed E-state index contributed by atoms with van der Waals surface area (Å²) < 4.78 is 12.9. The molecule has 0 bridgehead atoms. The predicted octanol–water partition coefficient (Wildman–Crippen LogP) is 8.42. The molecule has 1 aliphatic rings. The summed E-state index contributed by atoms with van der Waals surface area (Å²) in [5, 5.41) is 11.8. The Bertz CT molecular complexity index is 1060. The van der Waals surface area contributed by atoms with Crippen molar-refractivity contribution < 1.29 is 14.3 Å². The summed E-state index contributed by atoms with van der Waals surface area (Å²) in [7, 11) is -2.01. The standard InChI is InChI=1S/C31H49NO3Si/c1-19(2)28-27(29(33)22-13-15-23(16-14-22)34-20(3)4)21(5)26-24(32-28)17-31(9,10)18-25(26)35-36(11,12)30(6,7)8/h13-16,19-20,25,29,33H,17-18H2,1-12H3. The van der Waals surface area contributed by atoms with E-state index in [9.17, 15) is 5.11 Å². The lowest BCUT2D eigenvalue weighted by Crippen LogP contribution is -2.44. The Hall–Kier alpha value is -1.69. The van der Waals surface area contributed by atoms with Crippen LogP contribution in [0.3, 0.4) is 0 Å². The van der Waals surface area contributed by atoms with Crippen molar-refractivity contribution in [3.05, 3.63) is 57.9 Å². The fourth-order valence-corrected chi connectivity index (χ4v) is 6.36. The highest BCUT2D eigenvalue weighted by molar-refractivity contribution is 6.74. The highest BCUT2D eigenvalue weighted by atomic mass is 28.4. The summed E-state index contributed by atoms with van der Waals surface area (Å²) in [6, 6.07) is 7.83. The number of fused-ring (bicyclic) bond motifs is 1. The molecule has 1 aromatic carbocycles. The van der Waals surface area contributed by atoms with Gasteiger partial charge in [-0.15, -0.1) is 0 Å². The predicted molar refractivity (Wildman–Crippen MR) is 152 cm³/mol. The first-order valence-electron chi connectivity index (χ1n) is 13.6. The molecule has 36 heavy (non-hydrogen) atoms. The van der Waals surface area contributed by atoms with Gasteiger partial charge in [-0.05, 0) is 86.3 Å². The van der Waals surface area contributed by atoms with Crippen LogP contribution in [0.25, 0.3) is 0 Å². The number of pyridine rings is 1. The molecule has 5 heteroatoms. The SMILES string of the molecule is Cc1c2c(nc(C(C)C)c1C(O)c1ccc(OC(C)C)cc1)CC(C)(C)CC2O[Si](C)(C)C(C)(C)C. The normalized spacial score (nSPS) is 18.9. The first-order valence-corrected chi connectivity index (χ1v) is 16.5. The number of aliphatic hydroxyl groups is 1. The van der Waals surface area contributed by atoms with Crippen LogP contribution in [0.15, 0.2) is 24.3 Å². The summed E-state index contributed by atoms with van der Waals surface area (Å²) in [5.74, 6) is 1.02. The minimum absolute atomic E-state index is 0.00822. The smallest absolute Gasteiger partial charge is 0.192 e. The van der Waals surface area contributed by atoms with Crippen molar-refractivity contribution in [1.82, 2.24) is 4.98 Å². The molecule has 0 saturated heterocycles. The highest BCUT2D eigenvalue weighted by Gasteiger charge is 2.44. The molecule has 0 saturated carbocycles. The summed E-state index contributed by atoms with van der Waals surface area (Å²) in [4.78, 5) is 5.27. The van der Waals surface area contributed by atoms with Crippen LogP contribution in [0.2, 0.25) is 18.1 Å². The summed E-state index contributed by atoms with van der Waals surface area (Å²) in [6.07, 6.45) is 1.25. The van der Waals surface area contributed by atoms with E-state index in [2.05, 4.69) is 68.5 Å². The fraction of sp³-hybridized carbons (Fsp3) is 0.645. The topological polar surface area (TPSA) is 51.6 Å². The Balaban J connectivity index is 2.14. The molecule has 2 atom stereocenters. The largest absolute Gasteiger partial charge is 0.491 e. The van der Waals surface area contributed by atoms with Crippen LogP contribution >= 0.6 is 0 Å². The van der Waals surface area contributed by atoms with Crippen LogP contribution in [0.1, 0.15) is 121 Å². The maximum atomic E-state index is 11.7. The van der Waals surface area contributed by atoms with Crippen LogP contribution in [0.4, 0.5) is 0 Å². The van der Waals surface area contributed by atoms with E-state index < -0.39 is 14.4 Å². The van der Waals surface area contributed by atoms with Gasteiger partial charge in [-0.25, -0.2) is 0 Å². The second-order valence-electron chi connectivity index (χ2n) is 13.6. The first-order chi connectivity index (χ1) is 16.4. The van der Waals surface area contributed by atoms with Crippen LogP contribution in [0.5, 0.6) is 5.75 Å². The number of hydrogen-bond acceptors (Lipinski definition) is 4. The molecule has 200 valence electrons. The van der Waals surface area contributed by atoms with E-state index >= 15 is 0 Å². The zero-order valence-electron chi connectivity index (χ0n) is 24.7. The van der Waals surface area contributed by atoms with Crippen molar-refractivity contribution in [3.8, 4) is 5.75 Å². The molecular formula is C31H49NO3Si. The fourth-order valence-electron chi connectivity index (χ4n) is 5.10. The maximum Gasteiger partial charge on any atom is 0.192 e. The van der Waals surface area contributed by atoms with Gasteiger partial charge in [0.05, 0.1) is 12.2 Å². The minimum atomic E-state index is -2.01. The molecular weight excluding hydrogens is 462 g/mol. The molecule has 0 radical (unpaired) electrons. The number of aromatic nitrogens is 1. The van der Waals surface area contributed by atoms with Crippen LogP contribution < -0.4 is 4.74 Å². The molecule has 0 amide bonds. The number of benzene rings is 1. The maximum absolute atomic E-state index is 11.7. The van der Waals surface area contributed by atoms with Crippen molar-refractivity contribution >= 4 is 8.32 Å². The molecule has 1 aromatic heterocycles. The highest BCUT2D eigenvalue weighted by Crippen LogP contribution is 2.49. The van der Waals surface area contributed by atoms with Crippen molar-refractivity contribution in [3.63, 3.8) is 0 Å². The van der Waals surface area contributed by atoms with Crippen molar-refractivity contribution in [2.75, 3.05) is 0 Å². The number of hydrogen-bond donors (Lipinski definition) is 1. The number of rotatable bonds is 7. The molecule has 3 rings (SSSR count). The molecule has 2 aromatic rings. The third kappa shape index (κ3) is 6.06. The van der Waals surface area contributed by atoms with Gasteiger partial charge in [0.1, 0.15) is 11.9 Å². The van der Waals surface area contributed by atoms with Gasteiger partial charge in [0, 0.05) is 22.5 Å². The van der Waals surface area contributed by atoms with E-state index in [0.717, 1.165) is 46.7 Å². The van der Waals surface area contributed by atoms with Crippen molar-refractivity contribution in [2.24, 2.45) is 5.41 Å². The molecule has 1 N–H and O–H groups in total. The Kier molecular flexibility index (Phi) is 8.20. The summed E-state index contributed by atoms with van der Waals surface area (Å²) in [6.45, 7) is 26.7. The van der Waals surface area contributed by atoms with Gasteiger partial charge in [0.2, 0.25) is 0 Å². The second-order valence-corrected chi connectivity index (χ2v) is 18.4. The van der Waals surface area contributed by atoms with Gasteiger partial charge in [-0.3, -0.25) is 4.98 Å². The average Bonchev–Trinajstić information content (AvgIpc) is 2.70. The van der Waals surface area contributed by atoms with E-state index in [1.807, 2.05) is 38.1 Å². The summed E-state index contributed by atoms with van der Waals surface area (Å²) in [5.41, 5.74) is 6.38. The van der Waals surface area contributed by atoms with Crippen LogP contribution in [0, 0.1) is 12.3 Å². The van der Waals surface area contributed by atoms with E-state index in [4.69, 9.17) is 14.1 Å². The number of nitrogens with zero attached hydrogens (tertiary/aromatic N) is 1. The van der Waals surface area contributed by atoms with E-state index in [-0.39, 0.29) is 28.6 Å². The lowest BCUT2D eigenvalue weighted by Gasteiger charge is -2.45. The third-order valence-corrected chi connectivity index (χ3v) is 12.5. The van der Waals surface area contributed by atoms with Gasteiger partial charge >= 0.3 is 0 Å². The first kappa shape index (κ1) is 28.9. The minimum Gasteiger partial charge on any atom is -0.491 e. The molecule has 2 unspecified atom stereocenters. The molecule has 0 fully saturated rings. The van der Waals surface area contributed by atoms with Crippen molar-refractivity contribution in [2.45, 2.75) is 124 Å². The van der Waals surface area contributed by atoms with Crippen LogP contribution in [-0.2, 0) is 10.8 Å². The van der Waals surface area contributed by atoms with Gasteiger partial charge in [0.25, 0.3) is 0 Å². The lowest BCUT2D eigenvalue weighted by molar-refractivity contribution is 0.105. The molecule has 4 nitrogen and oxygen atoms in total. The zero-order chi connectivity index (χ0) is 27.2. The van der Waals surface area contributed by atoms with Crippen molar-refractivity contribution in [1.29, 1.82) is 0 Å². The Labute approximate surface area is 221 Å². The monoisotopic (exact) mass is 511 g/mol. The quantitative estimate of drug-likeness (QED) is 0.379. The molecule has 1 heterocycles. The third-order valence-electron chi connectivity index (χ3n) is 7.99. The van der Waals surface area contributed by atoms with Gasteiger partial charge < -0.3 is 14.3 Å².